The van der Waals surface area contributed by atoms with E-state index in [1.54, 1.807) is 6.07 Å². The fraction of sp³-hybridized carbons (Fsp3) is 0.250. The topological polar surface area (TPSA) is 63.8 Å². The van der Waals surface area contributed by atoms with E-state index in [-0.39, 0.29) is 5.56 Å². The van der Waals surface area contributed by atoms with Crippen molar-refractivity contribution in [3.63, 3.8) is 0 Å². The SMILES string of the molecule is CCc1[nH]n(Cc2cccc(Cl)c2)c(=O)c1N. The van der Waals surface area contributed by atoms with Crippen LogP contribution in [-0.2, 0) is 13.0 Å². The zero-order chi connectivity index (χ0) is 12.4. The van der Waals surface area contributed by atoms with Gasteiger partial charge in [-0.2, -0.15) is 0 Å². The third-order valence-electron chi connectivity index (χ3n) is 2.65. The fourth-order valence-electron chi connectivity index (χ4n) is 1.75. The summed E-state index contributed by atoms with van der Waals surface area (Å²) in [6.45, 7) is 2.40. The molecule has 0 spiro atoms. The molecule has 0 saturated heterocycles. The van der Waals surface area contributed by atoms with Gasteiger partial charge in [0.1, 0.15) is 5.69 Å². The highest BCUT2D eigenvalue weighted by Crippen LogP contribution is 2.12. The van der Waals surface area contributed by atoms with Crippen LogP contribution in [0.5, 0.6) is 0 Å². The van der Waals surface area contributed by atoms with Crippen LogP contribution in [0.3, 0.4) is 0 Å². The van der Waals surface area contributed by atoms with Crippen molar-refractivity contribution in [2.75, 3.05) is 5.73 Å². The molecule has 0 radical (unpaired) electrons. The van der Waals surface area contributed by atoms with E-state index in [4.69, 9.17) is 17.3 Å². The summed E-state index contributed by atoms with van der Waals surface area (Å²) in [6, 6.07) is 7.40. The molecule has 0 bridgehead atoms. The Bertz CT molecular complexity index is 586. The number of nitrogens with two attached hydrogens (primary N) is 1. The lowest BCUT2D eigenvalue weighted by Gasteiger charge is -2.02. The molecule has 0 aliphatic carbocycles. The first kappa shape index (κ1) is 11.8. The number of nitrogen functional groups attached to an aromatic ring is 1. The third-order valence-corrected chi connectivity index (χ3v) is 2.89. The zero-order valence-electron chi connectivity index (χ0n) is 9.53. The minimum Gasteiger partial charge on any atom is -0.393 e. The van der Waals surface area contributed by atoms with E-state index >= 15 is 0 Å². The molecule has 0 fully saturated rings. The first-order valence-corrected chi connectivity index (χ1v) is 5.81. The zero-order valence-corrected chi connectivity index (χ0v) is 10.3. The molecule has 90 valence electrons. The molecule has 3 N–H and O–H groups in total. The van der Waals surface area contributed by atoms with Crippen molar-refractivity contribution in [2.24, 2.45) is 0 Å². The molecule has 1 aromatic heterocycles. The molecule has 2 aromatic rings. The van der Waals surface area contributed by atoms with Gasteiger partial charge in [-0.15, -0.1) is 0 Å². The Hall–Kier alpha value is -1.68. The number of H-pyrrole nitrogens is 1. The number of halogens is 1. The Morgan fingerprint density at radius 2 is 2.24 bits per heavy atom. The van der Waals surface area contributed by atoms with E-state index in [0.717, 1.165) is 11.3 Å². The van der Waals surface area contributed by atoms with Crippen molar-refractivity contribution in [3.8, 4) is 0 Å². The van der Waals surface area contributed by atoms with Crippen molar-refractivity contribution >= 4 is 17.3 Å². The predicted octanol–water partition coefficient (Wildman–Crippen LogP) is 2.02. The van der Waals surface area contributed by atoms with Crippen LogP contribution in [0.25, 0.3) is 0 Å². The van der Waals surface area contributed by atoms with E-state index in [0.29, 0.717) is 23.7 Å². The highest BCUT2D eigenvalue weighted by molar-refractivity contribution is 6.30. The Morgan fingerprint density at radius 1 is 1.47 bits per heavy atom. The van der Waals surface area contributed by atoms with E-state index in [1.165, 1.54) is 4.68 Å². The van der Waals surface area contributed by atoms with E-state index < -0.39 is 0 Å². The third kappa shape index (κ3) is 2.36. The van der Waals surface area contributed by atoms with E-state index in [2.05, 4.69) is 5.10 Å². The van der Waals surface area contributed by atoms with Gasteiger partial charge in [-0.25, -0.2) is 4.68 Å². The standard InChI is InChI=1S/C12H14ClN3O/c1-2-10-11(14)12(17)16(15-10)7-8-4-3-5-9(13)6-8/h3-6,15H,2,7,14H2,1H3. The van der Waals surface area contributed by atoms with Crippen molar-refractivity contribution in [2.45, 2.75) is 19.9 Å². The summed E-state index contributed by atoms with van der Waals surface area (Å²) >= 11 is 5.89. The maximum atomic E-state index is 11.8. The number of hydrogen-bond acceptors (Lipinski definition) is 2. The van der Waals surface area contributed by atoms with Crippen LogP contribution >= 0.6 is 11.6 Å². The fourth-order valence-corrected chi connectivity index (χ4v) is 1.96. The molecular weight excluding hydrogens is 238 g/mol. The summed E-state index contributed by atoms with van der Waals surface area (Å²) < 4.78 is 1.50. The molecule has 0 atom stereocenters. The Labute approximate surface area is 104 Å². The number of anilines is 1. The monoisotopic (exact) mass is 251 g/mol. The molecule has 0 aliphatic heterocycles. The van der Waals surface area contributed by atoms with E-state index in [1.807, 2.05) is 25.1 Å². The number of nitrogens with zero attached hydrogens (tertiary/aromatic N) is 1. The molecule has 0 amide bonds. The molecule has 0 unspecified atom stereocenters. The number of aryl methyl sites for hydroxylation is 1. The van der Waals surface area contributed by atoms with Crippen LogP contribution < -0.4 is 11.3 Å². The van der Waals surface area contributed by atoms with Crippen molar-refractivity contribution in [3.05, 3.63) is 50.9 Å². The summed E-state index contributed by atoms with van der Waals surface area (Å²) in [7, 11) is 0. The number of nitrogens with one attached hydrogen (secondary N) is 1. The minimum absolute atomic E-state index is 0.179. The van der Waals surface area contributed by atoms with Gasteiger partial charge in [-0.05, 0) is 24.1 Å². The summed E-state index contributed by atoms with van der Waals surface area (Å²) in [5, 5.41) is 3.66. The second-order valence-corrected chi connectivity index (χ2v) is 4.32. The number of hydrogen-bond donors (Lipinski definition) is 2. The summed E-state index contributed by atoms with van der Waals surface area (Å²) in [6.07, 6.45) is 0.712. The van der Waals surface area contributed by atoms with Crippen molar-refractivity contribution in [1.82, 2.24) is 9.78 Å². The van der Waals surface area contributed by atoms with Gasteiger partial charge in [0.05, 0.1) is 12.2 Å². The summed E-state index contributed by atoms with van der Waals surface area (Å²) in [5.41, 5.74) is 7.57. The lowest BCUT2D eigenvalue weighted by molar-refractivity contribution is 0.653. The maximum absolute atomic E-state index is 11.8. The van der Waals surface area contributed by atoms with Gasteiger partial charge in [0.15, 0.2) is 0 Å². The molecule has 1 aromatic carbocycles. The summed E-state index contributed by atoms with van der Waals surface area (Å²) in [5.74, 6) is 0. The second-order valence-electron chi connectivity index (χ2n) is 3.88. The molecule has 0 saturated carbocycles. The Morgan fingerprint density at radius 3 is 2.82 bits per heavy atom. The largest absolute Gasteiger partial charge is 0.393 e. The van der Waals surface area contributed by atoms with Crippen LogP contribution in [0.1, 0.15) is 18.2 Å². The molecule has 2 rings (SSSR count). The van der Waals surface area contributed by atoms with Gasteiger partial charge in [0.25, 0.3) is 5.56 Å². The van der Waals surface area contributed by atoms with Gasteiger partial charge in [-0.1, -0.05) is 30.7 Å². The predicted molar refractivity (Wildman–Crippen MR) is 69.4 cm³/mol. The smallest absolute Gasteiger partial charge is 0.290 e. The normalized spacial score (nSPS) is 10.7. The van der Waals surface area contributed by atoms with Crippen molar-refractivity contribution < 1.29 is 0 Å². The van der Waals surface area contributed by atoms with Gasteiger partial charge in [-0.3, -0.25) is 9.89 Å². The van der Waals surface area contributed by atoms with Crippen LogP contribution in [0.4, 0.5) is 5.69 Å². The Balaban J connectivity index is 2.34. The van der Waals surface area contributed by atoms with Gasteiger partial charge >= 0.3 is 0 Å². The number of benzene rings is 1. The van der Waals surface area contributed by atoms with Gasteiger partial charge < -0.3 is 5.73 Å². The van der Waals surface area contributed by atoms with Crippen LogP contribution in [0.15, 0.2) is 29.1 Å². The second kappa shape index (κ2) is 4.67. The lowest BCUT2D eigenvalue weighted by atomic mass is 10.2. The maximum Gasteiger partial charge on any atom is 0.290 e. The molecule has 0 aliphatic rings. The molecule has 5 heteroatoms. The van der Waals surface area contributed by atoms with E-state index in [9.17, 15) is 4.79 Å². The molecular formula is C12H14ClN3O. The number of aromatic nitrogens is 2. The first-order valence-electron chi connectivity index (χ1n) is 5.43. The highest BCUT2D eigenvalue weighted by atomic mass is 35.5. The molecule has 17 heavy (non-hydrogen) atoms. The number of aromatic amines is 1. The molecule has 4 nitrogen and oxygen atoms in total. The first-order chi connectivity index (χ1) is 8.11. The van der Waals surface area contributed by atoms with Crippen molar-refractivity contribution in [1.29, 1.82) is 0 Å². The van der Waals surface area contributed by atoms with Crippen LogP contribution in [-0.4, -0.2) is 9.78 Å². The minimum atomic E-state index is -0.179. The average Bonchev–Trinajstić information content (AvgIpc) is 2.57. The quantitative estimate of drug-likeness (QED) is 0.877. The average molecular weight is 252 g/mol. The lowest BCUT2D eigenvalue weighted by Crippen LogP contribution is -2.19. The Kier molecular flexibility index (Phi) is 3.24. The van der Waals surface area contributed by atoms with Crippen LogP contribution in [0.2, 0.25) is 5.02 Å². The molecule has 1 heterocycles. The number of rotatable bonds is 3. The highest BCUT2D eigenvalue weighted by Gasteiger charge is 2.09. The van der Waals surface area contributed by atoms with Gasteiger partial charge in [0.2, 0.25) is 0 Å². The van der Waals surface area contributed by atoms with Crippen LogP contribution in [0, 0.1) is 0 Å². The summed E-state index contributed by atoms with van der Waals surface area (Å²) in [4.78, 5) is 11.8. The van der Waals surface area contributed by atoms with Gasteiger partial charge in [0, 0.05) is 5.02 Å².